The van der Waals surface area contributed by atoms with Crippen LogP contribution in [0.1, 0.15) is 129 Å². The van der Waals surface area contributed by atoms with Crippen molar-refractivity contribution in [3.8, 4) is 0 Å². The smallest absolute Gasteiger partial charge is 0.309 e. The van der Waals surface area contributed by atoms with E-state index in [4.69, 9.17) is 4.74 Å². The maximum Gasteiger partial charge on any atom is 0.309 e. The first-order chi connectivity index (χ1) is 12.3. The number of rotatable bonds is 20. The molecule has 2 nitrogen and oxygen atoms in total. The first-order valence-electron chi connectivity index (χ1n) is 11.3. The van der Waals surface area contributed by atoms with Crippen molar-refractivity contribution in [1.29, 1.82) is 0 Å². The third-order valence-electron chi connectivity index (χ3n) is 4.98. The van der Waals surface area contributed by atoms with Gasteiger partial charge in [-0.25, -0.2) is 0 Å². The molecule has 0 fully saturated rings. The summed E-state index contributed by atoms with van der Waals surface area (Å²) >= 11 is 0. The highest BCUT2D eigenvalue weighted by atomic mass is 16.5. The van der Waals surface area contributed by atoms with Crippen molar-refractivity contribution < 1.29 is 9.53 Å². The summed E-state index contributed by atoms with van der Waals surface area (Å²) in [6, 6.07) is 0. The van der Waals surface area contributed by atoms with Gasteiger partial charge in [-0.15, -0.1) is 0 Å². The lowest BCUT2D eigenvalue weighted by atomic mass is 10.0. The number of hydrogen-bond donors (Lipinski definition) is 0. The van der Waals surface area contributed by atoms with Gasteiger partial charge in [0.05, 0.1) is 13.0 Å². The van der Waals surface area contributed by atoms with Crippen LogP contribution in [0.4, 0.5) is 0 Å². The molecule has 0 aromatic heterocycles. The molecule has 0 saturated carbocycles. The lowest BCUT2D eigenvalue weighted by Gasteiger charge is -2.04. The molecule has 0 aliphatic carbocycles. The quantitative estimate of drug-likeness (QED) is 0.165. The van der Waals surface area contributed by atoms with Gasteiger partial charge >= 0.3 is 5.97 Å². The average Bonchev–Trinajstić information content (AvgIpc) is 2.63. The maximum absolute atomic E-state index is 10.9. The molecular formula is C23H45O2. The Morgan fingerprint density at radius 1 is 0.600 bits per heavy atom. The number of carbonyl (C=O) groups excluding carboxylic acids is 1. The summed E-state index contributed by atoms with van der Waals surface area (Å²) in [5, 5.41) is 0. The molecule has 0 N–H and O–H groups in total. The van der Waals surface area contributed by atoms with E-state index < -0.39 is 0 Å². The molecule has 1 radical (unpaired) electrons. The molecule has 149 valence electrons. The van der Waals surface area contributed by atoms with Crippen LogP contribution in [0.5, 0.6) is 0 Å². The molecule has 0 rings (SSSR count). The summed E-state index contributed by atoms with van der Waals surface area (Å²) < 4.78 is 5.03. The molecule has 0 atom stereocenters. The largest absolute Gasteiger partial charge is 0.465 e. The number of unbranched alkanes of at least 4 members (excludes halogenated alkanes) is 17. The monoisotopic (exact) mass is 353 g/mol. The van der Waals surface area contributed by atoms with Gasteiger partial charge in [-0.2, -0.15) is 0 Å². The predicted molar refractivity (Wildman–Crippen MR) is 110 cm³/mol. The van der Waals surface area contributed by atoms with Gasteiger partial charge in [0.2, 0.25) is 0 Å². The van der Waals surface area contributed by atoms with Crippen molar-refractivity contribution in [2.75, 3.05) is 6.61 Å². The molecule has 0 heterocycles. The van der Waals surface area contributed by atoms with Gasteiger partial charge in [0.25, 0.3) is 0 Å². The van der Waals surface area contributed by atoms with E-state index in [1.807, 2.05) is 0 Å². The summed E-state index contributed by atoms with van der Waals surface area (Å²) in [4.78, 5) is 10.9. The van der Waals surface area contributed by atoms with Gasteiger partial charge in [-0.3, -0.25) is 4.79 Å². The molecule has 0 unspecified atom stereocenters. The van der Waals surface area contributed by atoms with Crippen LogP contribution in [0.25, 0.3) is 0 Å². The van der Waals surface area contributed by atoms with Gasteiger partial charge in [-0.1, -0.05) is 123 Å². The zero-order valence-corrected chi connectivity index (χ0v) is 17.3. The minimum absolute atomic E-state index is 0.188. The molecule has 0 bridgehead atoms. The highest BCUT2D eigenvalue weighted by Gasteiger charge is 1.98. The predicted octanol–water partition coefficient (Wildman–Crippen LogP) is 7.80. The van der Waals surface area contributed by atoms with Crippen LogP contribution in [0.15, 0.2) is 0 Å². The minimum atomic E-state index is -0.188. The normalized spacial score (nSPS) is 11.0. The van der Waals surface area contributed by atoms with E-state index in [2.05, 4.69) is 6.92 Å². The standard InChI is InChI=1S/C23H45O2/c1-3-5-6-7-8-9-10-11-12-13-14-15-16-17-18-19-20-21-22-25-23(24)4-2/h4H,3,5-22H2,1-2H3. The lowest BCUT2D eigenvalue weighted by Crippen LogP contribution is -2.04. The Kier molecular flexibility index (Phi) is 21.1. The van der Waals surface area contributed by atoms with E-state index in [-0.39, 0.29) is 5.97 Å². The third kappa shape index (κ3) is 21.4. The van der Waals surface area contributed by atoms with Gasteiger partial charge in [0, 0.05) is 0 Å². The van der Waals surface area contributed by atoms with Crippen LogP contribution < -0.4 is 0 Å². The minimum Gasteiger partial charge on any atom is -0.465 e. The van der Waals surface area contributed by atoms with Crippen molar-refractivity contribution in [3.05, 3.63) is 6.42 Å². The maximum atomic E-state index is 10.9. The third-order valence-corrected chi connectivity index (χ3v) is 4.98. The average molecular weight is 354 g/mol. The summed E-state index contributed by atoms with van der Waals surface area (Å²) in [6.07, 6.45) is 26.3. The Morgan fingerprint density at radius 3 is 1.24 bits per heavy atom. The highest BCUT2D eigenvalue weighted by Crippen LogP contribution is 2.14. The number of ether oxygens (including phenoxy) is 1. The fraction of sp³-hybridized carbons (Fsp3) is 0.913. The second kappa shape index (κ2) is 21.5. The summed E-state index contributed by atoms with van der Waals surface area (Å²) in [5.41, 5.74) is 0. The molecule has 25 heavy (non-hydrogen) atoms. The van der Waals surface area contributed by atoms with Crippen molar-refractivity contribution >= 4 is 5.97 Å². The van der Waals surface area contributed by atoms with E-state index in [1.54, 1.807) is 6.92 Å². The zero-order valence-electron chi connectivity index (χ0n) is 17.3. The van der Waals surface area contributed by atoms with Gasteiger partial charge < -0.3 is 4.74 Å². The topological polar surface area (TPSA) is 26.3 Å². The number of esters is 1. The molecule has 0 aromatic rings. The Hall–Kier alpha value is -0.530. The molecule has 0 saturated heterocycles. The number of hydrogen-bond acceptors (Lipinski definition) is 2. The molecule has 0 spiro atoms. The molecule has 0 amide bonds. The summed E-state index contributed by atoms with van der Waals surface area (Å²) in [5.74, 6) is -0.188. The molecule has 2 heteroatoms. The van der Waals surface area contributed by atoms with Crippen LogP contribution in [-0.4, -0.2) is 12.6 Å². The fourth-order valence-electron chi connectivity index (χ4n) is 3.26. The molecule has 0 aliphatic rings. The second-order valence-electron chi connectivity index (χ2n) is 7.47. The Labute approximate surface area is 158 Å². The van der Waals surface area contributed by atoms with E-state index in [0.717, 1.165) is 6.42 Å². The van der Waals surface area contributed by atoms with E-state index in [1.165, 1.54) is 116 Å². The van der Waals surface area contributed by atoms with Crippen LogP contribution in [-0.2, 0) is 9.53 Å². The van der Waals surface area contributed by atoms with Gasteiger partial charge in [0.1, 0.15) is 0 Å². The summed E-state index contributed by atoms with van der Waals surface area (Å²) in [7, 11) is 0. The van der Waals surface area contributed by atoms with Gasteiger partial charge in [-0.05, 0) is 6.42 Å². The van der Waals surface area contributed by atoms with Crippen LogP contribution in [0.3, 0.4) is 0 Å². The van der Waals surface area contributed by atoms with E-state index in [0.29, 0.717) is 6.61 Å². The fourth-order valence-corrected chi connectivity index (χ4v) is 3.26. The SMILES string of the molecule is C[CH]C(=O)OCCCCCCCCCCCCCCCCCCCC. The van der Waals surface area contributed by atoms with Crippen molar-refractivity contribution in [2.24, 2.45) is 0 Å². The van der Waals surface area contributed by atoms with Crippen LogP contribution in [0.2, 0.25) is 0 Å². The van der Waals surface area contributed by atoms with Crippen LogP contribution >= 0.6 is 0 Å². The molecular weight excluding hydrogens is 308 g/mol. The number of carbonyl (C=O) groups is 1. The first-order valence-corrected chi connectivity index (χ1v) is 11.3. The Bertz CT molecular complexity index is 263. The molecule has 0 aliphatic heterocycles. The van der Waals surface area contributed by atoms with E-state index >= 15 is 0 Å². The van der Waals surface area contributed by atoms with Crippen molar-refractivity contribution in [3.63, 3.8) is 0 Å². The van der Waals surface area contributed by atoms with Crippen LogP contribution in [0, 0.1) is 6.42 Å². The first kappa shape index (κ1) is 24.5. The second-order valence-corrected chi connectivity index (χ2v) is 7.47. The zero-order chi connectivity index (χ0) is 18.4. The van der Waals surface area contributed by atoms with Crippen molar-refractivity contribution in [2.45, 2.75) is 129 Å². The van der Waals surface area contributed by atoms with Crippen molar-refractivity contribution in [1.82, 2.24) is 0 Å². The Balaban J connectivity index is 2.99. The highest BCUT2D eigenvalue weighted by molar-refractivity contribution is 5.78. The van der Waals surface area contributed by atoms with E-state index in [9.17, 15) is 4.79 Å². The van der Waals surface area contributed by atoms with Gasteiger partial charge in [0.15, 0.2) is 0 Å². The lowest BCUT2D eigenvalue weighted by molar-refractivity contribution is -0.139. The molecule has 0 aromatic carbocycles. The Morgan fingerprint density at radius 2 is 0.920 bits per heavy atom. The summed E-state index contributed by atoms with van der Waals surface area (Å²) in [6.45, 7) is 4.59.